The van der Waals surface area contributed by atoms with Gasteiger partial charge in [0, 0.05) is 10.6 Å². The number of benzene rings is 2. The van der Waals surface area contributed by atoms with E-state index < -0.39 is 15.4 Å². The smallest absolute Gasteiger partial charge is 0.252 e. The predicted molar refractivity (Wildman–Crippen MR) is 102 cm³/mol. The molecule has 1 heterocycles. The molecule has 0 aliphatic carbocycles. The van der Waals surface area contributed by atoms with Crippen molar-refractivity contribution in [3.8, 4) is 0 Å². The summed E-state index contributed by atoms with van der Waals surface area (Å²) in [6, 6.07) is 13.6. The van der Waals surface area contributed by atoms with Crippen LogP contribution in [-0.2, 0) is 15.6 Å². The monoisotopic (exact) mass is 393 g/mol. The maximum atomic E-state index is 13.8. The van der Waals surface area contributed by atoms with Gasteiger partial charge in [-0.1, -0.05) is 30.3 Å². The van der Waals surface area contributed by atoms with E-state index in [0.717, 1.165) is 4.90 Å². The lowest BCUT2D eigenvalue weighted by Crippen LogP contribution is -2.47. The molecule has 1 saturated heterocycles. The summed E-state index contributed by atoms with van der Waals surface area (Å²) in [6.07, 6.45) is 0.408. The van der Waals surface area contributed by atoms with Crippen LogP contribution in [0.5, 0.6) is 0 Å². The van der Waals surface area contributed by atoms with Gasteiger partial charge in [0.1, 0.15) is 5.82 Å². The van der Waals surface area contributed by atoms with Crippen molar-refractivity contribution in [1.82, 2.24) is 5.32 Å². The van der Waals surface area contributed by atoms with Gasteiger partial charge in [-0.15, -0.1) is 11.8 Å². The van der Waals surface area contributed by atoms with E-state index >= 15 is 0 Å². The molecule has 0 saturated carbocycles. The van der Waals surface area contributed by atoms with Crippen LogP contribution in [0, 0.1) is 5.82 Å². The summed E-state index contributed by atoms with van der Waals surface area (Å²) in [6.45, 7) is 1.75. The lowest BCUT2D eigenvalue weighted by Gasteiger charge is -2.24. The van der Waals surface area contributed by atoms with Crippen molar-refractivity contribution < 1.29 is 17.6 Å². The number of amides is 1. The van der Waals surface area contributed by atoms with Gasteiger partial charge >= 0.3 is 0 Å². The Bertz CT molecular complexity index is 930. The fourth-order valence-corrected chi connectivity index (χ4v) is 6.13. The van der Waals surface area contributed by atoms with Crippen LogP contribution in [-0.4, -0.2) is 31.4 Å². The summed E-state index contributed by atoms with van der Waals surface area (Å²) >= 11 is 1.38. The summed E-state index contributed by atoms with van der Waals surface area (Å²) in [5.74, 6) is -0.126. The van der Waals surface area contributed by atoms with Crippen LogP contribution in [0.3, 0.4) is 0 Å². The number of hydrogen-bond donors (Lipinski definition) is 1. The van der Waals surface area contributed by atoms with Crippen molar-refractivity contribution in [3.63, 3.8) is 0 Å². The lowest BCUT2D eigenvalue weighted by molar-refractivity contribution is 0.0912. The summed E-state index contributed by atoms with van der Waals surface area (Å²) in [5, 5.41) is 2.87. The summed E-state index contributed by atoms with van der Waals surface area (Å²) in [7, 11) is -3.10. The third kappa shape index (κ3) is 4.45. The lowest BCUT2D eigenvalue weighted by atomic mass is 10.0. The molecule has 26 heavy (non-hydrogen) atoms. The minimum atomic E-state index is -3.10. The Morgan fingerprint density at radius 2 is 1.88 bits per heavy atom. The highest BCUT2D eigenvalue weighted by molar-refractivity contribution is 7.98. The largest absolute Gasteiger partial charge is 0.346 e. The molecule has 1 fully saturated rings. The van der Waals surface area contributed by atoms with Gasteiger partial charge in [0.15, 0.2) is 9.84 Å². The van der Waals surface area contributed by atoms with E-state index in [0.29, 0.717) is 23.3 Å². The van der Waals surface area contributed by atoms with E-state index in [9.17, 15) is 17.6 Å². The zero-order chi connectivity index (χ0) is 18.8. The highest BCUT2D eigenvalue weighted by Gasteiger charge is 2.39. The van der Waals surface area contributed by atoms with Gasteiger partial charge in [-0.05, 0) is 37.1 Å². The second-order valence-electron chi connectivity index (χ2n) is 6.73. The third-order valence-electron chi connectivity index (χ3n) is 4.39. The van der Waals surface area contributed by atoms with Gasteiger partial charge in [0.25, 0.3) is 5.91 Å². The first kappa shape index (κ1) is 18.9. The molecule has 7 heteroatoms. The van der Waals surface area contributed by atoms with E-state index in [1.165, 1.54) is 17.8 Å². The molecule has 1 aliphatic rings. The third-order valence-corrected chi connectivity index (χ3v) is 7.42. The van der Waals surface area contributed by atoms with Crippen molar-refractivity contribution in [1.29, 1.82) is 0 Å². The molecule has 2 aromatic rings. The average Bonchev–Trinajstić information content (AvgIpc) is 2.87. The van der Waals surface area contributed by atoms with Gasteiger partial charge in [-0.25, -0.2) is 12.8 Å². The number of nitrogens with one attached hydrogen (secondary N) is 1. The molecule has 4 nitrogen and oxygen atoms in total. The first-order chi connectivity index (χ1) is 12.3. The van der Waals surface area contributed by atoms with E-state index in [4.69, 9.17) is 0 Å². The summed E-state index contributed by atoms with van der Waals surface area (Å²) in [5.41, 5.74) is 0.292. The number of sulfone groups is 1. The van der Waals surface area contributed by atoms with Crippen LogP contribution in [0.15, 0.2) is 53.4 Å². The molecule has 138 valence electrons. The maximum absolute atomic E-state index is 13.8. The van der Waals surface area contributed by atoms with Gasteiger partial charge in [0.2, 0.25) is 0 Å². The van der Waals surface area contributed by atoms with E-state index in [1.807, 2.05) is 12.1 Å². The maximum Gasteiger partial charge on any atom is 0.252 e. The molecule has 0 radical (unpaired) electrons. The minimum absolute atomic E-state index is 0.0454. The van der Waals surface area contributed by atoms with Crippen LogP contribution in [0.4, 0.5) is 4.39 Å². The molecule has 1 atom stereocenters. The second-order valence-corrected chi connectivity index (χ2v) is 9.93. The highest BCUT2D eigenvalue weighted by atomic mass is 32.2. The average molecular weight is 394 g/mol. The number of hydrogen-bond acceptors (Lipinski definition) is 4. The van der Waals surface area contributed by atoms with Gasteiger partial charge in [-0.2, -0.15) is 0 Å². The predicted octanol–water partition coefficient (Wildman–Crippen LogP) is 3.43. The Balaban J connectivity index is 1.74. The normalized spacial score (nSPS) is 21.5. The SMILES string of the molecule is C[C@]1(NC(=O)c2ccccc2SCc2ccccc2F)CCS(=O)(=O)C1. The zero-order valence-corrected chi connectivity index (χ0v) is 16.0. The van der Waals surface area contributed by atoms with E-state index in [-0.39, 0.29) is 23.2 Å². The Kier molecular flexibility index (Phi) is 5.39. The van der Waals surface area contributed by atoms with Gasteiger partial charge in [-0.3, -0.25) is 4.79 Å². The second kappa shape index (κ2) is 7.40. The molecular weight excluding hydrogens is 373 g/mol. The fourth-order valence-electron chi connectivity index (χ4n) is 3.00. The first-order valence-corrected chi connectivity index (χ1v) is 11.1. The Morgan fingerprint density at radius 3 is 2.58 bits per heavy atom. The van der Waals surface area contributed by atoms with Crippen molar-refractivity contribution in [2.75, 3.05) is 11.5 Å². The topological polar surface area (TPSA) is 63.2 Å². The van der Waals surface area contributed by atoms with Crippen LogP contribution >= 0.6 is 11.8 Å². The summed E-state index contributed by atoms with van der Waals surface area (Å²) in [4.78, 5) is 13.5. The van der Waals surface area contributed by atoms with Crippen molar-refractivity contribution >= 4 is 27.5 Å². The molecule has 1 aliphatic heterocycles. The first-order valence-electron chi connectivity index (χ1n) is 8.26. The van der Waals surface area contributed by atoms with Crippen LogP contribution in [0.1, 0.15) is 29.3 Å². The Morgan fingerprint density at radius 1 is 1.19 bits per heavy atom. The van der Waals surface area contributed by atoms with Crippen LogP contribution < -0.4 is 5.32 Å². The molecule has 0 unspecified atom stereocenters. The van der Waals surface area contributed by atoms with Crippen molar-refractivity contribution in [3.05, 3.63) is 65.5 Å². The van der Waals surface area contributed by atoms with Crippen molar-refractivity contribution in [2.45, 2.75) is 29.5 Å². The highest BCUT2D eigenvalue weighted by Crippen LogP contribution is 2.29. The molecule has 2 aromatic carbocycles. The fraction of sp³-hybridized carbons (Fsp3) is 0.316. The number of carbonyl (C=O) groups is 1. The standard InChI is InChI=1S/C19H20FNO3S2/c1-19(10-11-26(23,24)13-19)21-18(22)15-7-3-5-9-17(15)25-12-14-6-2-4-8-16(14)20/h2-9H,10-13H2,1H3,(H,21,22)/t19-/m0/s1. The molecule has 0 bridgehead atoms. The van der Waals surface area contributed by atoms with Gasteiger partial charge in [0.05, 0.1) is 22.6 Å². The summed E-state index contributed by atoms with van der Waals surface area (Å²) < 4.78 is 37.3. The van der Waals surface area contributed by atoms with Gasteiger partial charge < -0.3 is 5.32 Å². The molecule has 0 spiro atoms. The van der Waals surface area contributed by atoms with Crippen molar-refractivity contribution in [2.24, 2.45) is 0 Å². The molecular formula is C19H20FNO3S2. The molecule has 1 N–H and O–H groups in total. The molecule has 0 aromatic heterocycles. The minimum Gasteiger partial charge on any atom is -0.346 e. The number of rotatable bonds is 5. The number of carbonyl (C=O) groups excluding carboxylic acids is 1. The van der Waals surface area contributed by atoms with E-state index in [1.54, 1.807) is 37.3 Å². The quantitative estimate of drug-likeness (QED) is 0.791. The number of thioether (sulfide) groups is 1. The Hall–Kier alpha value is -1.86. The van der Waals surface area contributed by atoms with E-state index in [2.05, 4.69) is 5.32 Å². The number of halogens is 1. The van der Waals surface area contributed by atoms with Crippen LogP contribution in [0.25, 0.3) is 0 Å². The molecule has 1 amide bonds. The Labute approximate surface area is 157 Å². The molecule has 3 rings (SSSR count). The van der Waals surface area contributed by atoms with Crippen LogP contribution in [0.2, 0.25) is 0 Å². The zero-order valence-electron chi connectivity index (χ0n) is 14.4.